The summed E-state index contributed by atoms with van der Waals surface area (Å²) < 4.78 is 5.43. The highest BCUT2D eigenvalue weighted by Gasteiger charge is 2.28. The van der Waals surface area contributed by atoms with Gasteiger partial charge in [0.1, 0.15) is 4.88 Å². The van der Waals surface area contributed by atoms with Gasteiger partial charge in [-0.05, 0) is 6.07 Å². The first kappa shape index (κ1) is 17.5. The molecule has 0 radical (unpaired) electrons. The lowest BCUT2D eigenvalue weighted by Crippen LogP contribution is -2.19. The summed E-state index contributed by atoms with van der Waals surface area (Å²) >= 11 is 0.709. The molecule has 7 heteroatoms. The van der Waals surface area contributed by atoms with Gasteiger partial charge < -0.3 is 4.74 Å². The molecular formula is C19H13NO5S. The fraction of sp³-hybridized carbons (Fsp3) is 0.0526. The summed E-state index contributed by atoms with van der Waals surface area (Å²) in [6.07, 6.45) is -1.13. The van der Waals surface area contributed by atoms with Crippen LogP contribution in [0.2, 0.25) is 0 Å². The van der Waals surface area contributed by atoms with E-state index < -0.39 is 17.0 Å². The number of nitro groups is 1. The van der Waals surface area contributed by atoms with Gasteiger partial charge in [-0.1, -0.05) is 72.0 Å². The van der Waals surface area contributed by atoms with Crippen LogP contribution in [0.25, 0.3) is 0 Å². The normalized spacial score (nSPS) is 11.5. The van der Waals surface area contributed by atoms with E-state index in [2.05, 4.69) is 0 Å². The molecule has 0 N–H and O–H groups in total. The lowest BCUT2D eigenvalue weighted by atomic mass is 10.00. The molecule has 0 unspecified atom stereocenters. The Bertz CT molecular complexity index is 937. The van der Waals surface area contributed by atoms with Crippen LogP contribution in [0.4, 0.5) is 5.00 Å². The Kier molecular flexibility index (Phi) is 5.19. The number of Topliss-reactive ketones (excluding diaryl/α,β-unsaturated/α-hetero) is 1. The zero-order chi connectivity index (χ0) is 18.5. The number of carbonyl (C=O) groups excluding carboxylic acids is 2. The van der Waals surface area contributed by atoms with Gasteiger partial charge in [0.25, 0.3) is 0 Å². The number of ketones is 1. The third-order valence-corrected chi connectivity index (χ3v) is 4.61. The Labute approximate surface area is 152 Å². The number of esters is 1. The Hall–Kier alpha value is -3.32. The van der Waals surface area contributed by atoms with E-state index in [4.69, 9.17) is 4.74 Å². The molecule has 3 aromatic rings. The largest absolute Gasteiger partial charge is 0.445 e. The van der Waals surface area contributed by atoms with Crippen LogP contribution in [-0.2, 0) is 4.74 Å². The van der Waals surface area contributed by atoms with E-state index in [1.54, 1.807) is 60.7 Å². The van der Waals surface area contributed by atoms with Gasteiger partial charge in [0.15, 0.2) is 6.10 Å². The van der Waals surface area contributed by atoms with Crippen molar-refractivity contribution in [3.8, 4) is 0 Å². The molecule has 1 atom stereocenters. The maximum atomic E-state index is 12.8. The van der Waals surface area contributed by atoms with Crippen LogP contribution in [0.3, 0.4) is 0 Å². The molecule has 6 nitrogen and oxygen atoms in total. The second-order valence-electron chi connectivity index (χ2n) is 5.32. The van der Waals surface area contributed by atoms with E-state index in [9.17, 15) is 19.7 Å². The van der Waals surface area contributed by atoms with Crippen LogP contribution in [0, 0.1) is 10.1 Å². The fourth-order valence-corrected chi connectivity index (χ4v) is 3.06. The van der Waals surface area contributed by atoms with Crippen molar-refractivity contribution < 1.29 is 19.2 Å². The number of hydrogen-bond acceptors (Lipinski definition) is 6. The molecule has 0 bridgehead atoms. The smallest absolute Gasteiger partial charge is 0.349 e. The second kappa shape index (κ2) is 7.71. The van der Waals surface area contributed by atoms with E-state index in [-0.39, 0.29) is 15.7 Å². The van der Waals surface area contributed by atoms with E-state index in [0.717, 1.165) is 0 Å². The van der Waals surface area contributed by atoms with E-state index in [0.29, 0.717) is 22.5 Å². The van der Waals surface area contributed by atoms with Crippen LogP contribution in [0.5, 0.6) is 0 Å². The standard InChI is InChI=1S/C19H13NO5S/c21-17(13-7-3-1-4-8-13)18(14-9-5-2-6-10-14)25-19(22)15-11-12-16(26-15)20(23)24/h1-12,18H/t18-/m1/s1. The maximum Gasteiger partial charge on any atom is 0.349 e. The summed E-state index contributed by atoms with van der Waals surface area (Å²) in [5.41, 5.74) is 0.937. The van der Waals surface area contributed by atoms with Gasteiger partial charge in [0.05, 0.1) is 4.92 Å². The van der Waals surface area contributed by atoms with Crippen molar-refractivity contribution in [3.05, 3.63) is 98.9 Å². The molecule has 26 heavy (non-hydrogen) atoms. The molecule has 0 spiro atoms. The number of benzene rings is 2. The summed E-state index contributed by atoms with van der Waals surface area (Å²) in [5, 5.41) is 10.6. The molecule has 0 amide bonds. The molecular weight excluding hydrogens is 354 g/mol. The highest BCUT2D eigenvalue weighted by atomic mass is 32.1. The Balaban J connectivity index is 1.89. The SMILES string of the molecule is O=C(O[C@@H](C(=O)c1ccccc1)c1ccccc1)c1ccc([N+](=O)[O-])s1. The molecule has 0 aliphatic rings. The molecule has 0 saturated heterocycles. The van der Waals surface area contributed by atoms with Crippen molar-refractivity contribution in [2.45, 2.75) is 6.10 Å². The van der Waals surface area contributed by atoms with Crippen molar-refractivity contribution in [1.29, 1.82) is 0 Å². The predicted octanol–water partition coefficient (Wildman–Crippen LogP) is 4.44. The fourth-order valence-electron chi connectivity index (χ4n) is 2.36. The van der Waals surface area contributed by atoms with E-state index >= 15 is 0 Å². The molecule has 2 aromatic carbocycles. The van der Waals surface area contributed by atoms with E-state index in [1.165, 1.54) is 12.1 Å². The Morgan fingerprint density at radius 3 is 2.12 bits per heavy atom. The van der Waals surface area contributed by atoms with Gasteiger partial charge in [-0.15, -0.1) is 0 Å². The average molecular weight is 367 g/mol. The summed E-state index contributed by atoms with van der Waals surface area (Å²) in [6, 6.07) is 19.7. The van der Waals surface area contributed by atoms with Crippen LogP contribution in [0.1, 0.15) is 31.7 Å². The number of ether oxygens (including phenoxy) is 1. The monoisotopic (exact) mass is 367 g/mol. The zero-order valence-corrected chi connectivity index (χ0v) is 14.2. The summed E-state index contributed by atoms with van der Waals surface area (Å²) in [5.74, 6) is -1.14. The quantitative estimate of drug-likeness (QED) is 0.278. The van der Waals surface area contributed by atoms with Crippen molar-refractivity contribution in [2.75, 3.05) is 0 Å². The minimum Gasteiger partial charge on any atom is -0.445 e. The summed E-state index contributed by atoms with van der Waals surface area (Å²) in [4.78, 5) is 35.5. The van der Waals surface area contributed by atoms with Gasteiger partial charge in [0.2, 0.25) is 5.78 Å². The third-order valence-electron chi connectivity index (χ3n) is 3.60. The molecule has 0 saturated carbocycles. The molecule has 3 rings (SSSR count). The first-order chi connectivity index (χ1) is 12.6. The van der Waals surface area contributed by atoms with Crippen molar-refractivity contribution in [3.63, 3.8) is 0 Å². The number of rotatable bonds is 6. The summed E-state index contributed by atoms with van der Waals surface area (Å²) in [7, 11) is 0. The van der Waals surface area contributed by atoms with Gasteiger partial charge in [-0.3, -0.25) is 14.9 Å². The van der Waals surface area contributed by atoms with Gasteiger partial charge in [0, 0.05) is 17.2 Å². The summed E-state index contributed by atoms with van der Waals surface area (Å²) in [6.45, 7) is 0. The molecule has 0 aliphatic carbocycles. The number of thiophene rings is 1. The van der Waals surface area contributed by atoms with Crippen LogP contribution in [0.15, 0.2) is 72.8 Å². The van der Waals surface area contributed by atoms with Crippen LogP contribution < -0.4 is 0 Å². The van der Waals surface area contributed by atoms with Crippen molar-refractivity contribution >= 4 is 28.1 Å². The molecule has 0 fully saturated rings. The Morgan fingerprint density at radius 1 is 0.923 bits per heavy atom. The first-order valence-corrected chi connectivity index (χ1v) is 8.47. The highest BCUT2D eigenvalue weighted by molar-refractivity contribution is 7.17. The highest BCUT2D eigenvalue weighted by Crippen LogP contribution is 2.28. The lowest BCUT2D eigenvalue weighted by molar-refractivity contribution is -0.380. The van der Waals surface area contributed by atoms with Gasteiger partial charge >= 0.3 is 11.0 Å². The minimum absolute atomic E-state index is 0.0680. The van der Waals surface area contributed by atoms with Crippen LogP contribution in [-0.4, -0.2) is 16.7 Å². The number of carbonyl (C=O) groups is 2. The zero-order valence-electron chi connectivity index (χ0n) is 13.4. The van der Waals surface area contributed by atoms with E-state index in [1.807, 2.05) is 0 Å². The number of nitrogens with zero attached hydrogens (tertiary/aromatic N) is 1. The predicted molar refractivity (Wildman–Crippen MR) is 96.3 cm³/mol. The van der Waals surface area contributed by atoms with Crippen molar-refractivity contribution in [2.24, 2.45) is 0 Å². The molecule has 1 aromatic heterocycles. The topological polar surface area (TPSA) is 86.5 Å². The molecule has 0 aliphatic heterocycles. The Morgan fingerprint density at radius 2 is 1.54 bits per heavy atom. The van der Waals surface area contributed by atoms with Crippen LogP contribution >= 0.6 is 11.3 Å². The maximum absolute atomic E-state index is 12.8. The van der Waals surface area contributed by atoms with Gasteiger partial charge in [-0.25, -0.2) is 4.79 Å². The lowest BCUT2D eigenvalue weighted by Gasteiger charge is -2.17. The number of hydrogen-bond donors (Lipinski definition) is 0. The first-order valence-electron chi connectivity index (χ1n) is 7.65. The molecule has 1 heterocycles. The van der Waals surface area contributed by atoms with Crippen molar-refractivity contribution in [1.82, 2.24) is 0 Å². The second-order valence-corrected chi connectivity index (χ2v) is 6.38. The third kappa shape index (κ3) is 3.84. The molecule has 130 valence electrons. The minimum atomic E-state index is -1.13. The van der Waals surface area contributed by atoms with Gasteiger partial charge in [-0.2, -0.15) is 0 Å². The average Bonchev–Trinajstić information content (AvgIpc) is 3.17.